The monoisotopic (exact) mass is 374 g/mol. The van der Waals surface area contributed by atoms with Gasteiger partial charge in [-0.05, 0) is 38.1 Å². The predicted molar refractivity (Wildman–Crippen MR) is 100 cm³/mol. The van der Waals surface area contributed by atoms with Crippen LogP contribution in [0, 0.1) is 5.92 Å². The van der Waals surface area contributed by atoms with E-state index in [1.165, 1.54) is 0 Å². The number of nitrogens with one attached hydrogen (secondary N) is 3. The number of imidazole rings is 1. The summed E-state index contributed by atoms with van der Waals surface area (Å²) in [6.45, 7) is 3.35. The summed E-state index contributed by atoms with van der Waals surface area (Å²) in [5.74, 6) is 0.803. The van der Waals surface area contributed by atoms with Crippen LogP contribution in [0.5, 0.6) is 0 Å². The smallest absolute Gasteiger partial charge is 0.228 e. The maximum atomic E-state index is 12.1. The summed E-state index contributed by atoms with van der Waals surface area (Å²) in [7, 11) is 1.84. The van der Waals surface area contributed by atoms with Crippen molar-refractivity contribution < 1.29 is 9.53 Å². The summed E-state index contributed by atoms with van der Waals surface area (Å²) >= 11 is 0. The number of carbonyl (C=O) groups excluding carboxylic acids is 1. The molecule has 8 heteroatoms. The van der Waals surface area contributed by atoms with Crippen LogP contribution in [0.25, 0.3) is 11.0 Å². The molecule has 1 amide bonds. The largest absolute Gasteiger partial charge is 0.370 e. The van der Waals surface area contributed by atoms with Gasteiger partial charge in [-0.1, -0.05) is 6.92 Å². The maximum absolute atomic E-state index is 12.1. The van der Waals surface area contributed by atoms with Gasteiger partial charge >= 0.3 is 0 Å². The Hall–Kier alpha value is -1.34. The topological polar surface area (TPSA) is 79.0 Å². The lowest BCUT2D eigenvalue weighted by molar-refractivity contribution is -0.119. The number of rotatable bonds is 5. The highest BCUT2D eigenvalue weighted by Gasteiger charge is 2.21. The van der Waals surface area contributed by atoms with Crippen molar-refractivity contribution >= 4 is 47.4 Å². The highest BCUT2D eigenvalue weighted by atomic mass is 35.5. The van der Waals surface area contributed by atoms with E-state index in [-0.39, 0.29) is 42.7 Å². The molecule has 6 nitrogen and oxygen atoms in total. The van der Waals surface area contributed by atoms with Crippen molar-refractivity contribution in [3.8, 4) is 0 Å². The van der Waals surface area contributed by atoms with E-state index in [4.69, 9.17) is 4.74 Å². The first-order valence-electron chi connectivity index (χ1n) is 7.74. The van der Waals surface area contributed by atoms with Gasteiger partial charge in [-0.3, -0.25) is 4.79 Å². The van der Waals surface area contributed by atoms with Gasteiger partial charge in [0.15, 0.2) is 0 Å². The van der Waals surface area contributed by atoms with E-state index in [0.717, 1.165) is 42.0 Å². The lowest BCUT2D eigenvalue weighted by Gasteiger charge is -2.11. The van der Waals surface area contributed by atoms with Gasteiger partial charge in [0.2, 0.25) is 5.91 Å². The first kappa shape index (κ1) is 20.7. The molecule has 2 atom stereocenters. The standard InChI is InChI=1S/C16H22N4O2.2ClH/c1-10(9-17-2)16(21)18-11-5-6-12-13(8-11)20-15(19-12)14-4-3-7-22-14;;/h5-6,8,10,14,17H,3-4,7,9H2,1-2H3,(H,18,21)(H,19,20);2*1H. The number of aromatic amines is 1. The number of H-pyrrole nitrogens is 1. The highest BCUT2D eigenvalue weighted by molar-refractivity contribution is 5.94. The number of halogens is 2. The van der Waals surface area contributed by atoms with Gasteiger partial charge in [0.25, 0.3) is 0 Å². The molecule has 3 N–H and O–H groups in total. The van der Waals surface area contributed by atoms with Crippen LogP contribution in [0.2, 0.25) is 0 Å². The lowest BCUT2D eigenvalue weighted by Crippen LogP contribution is -2.28. The lowest BCUT2D eigenvalue weighted by atomic mass is 10.1. The van der Waals surface area contributed by atoms with Crippen LogP contribution in [-0.4, -0.2) is 36.1 Å². The number of hydrogen-bond acceptors (Lipinski definition) is 4. The molecule has 1 fully saturated rings. The average molecular weight is 375 g/mol. The van der Waals surface area contributed by atoms with Crippen LogP contribution in [0.3, 0.4) is 0 Å². The molecule has 1 aliphatic heterocycles. The van der Waals surface area contributed by atoms with Crippen molar-refractivity contribution in [1.29, 1.82) is 0 Å². The minimum atomic E-state index is -0.0788. The summed E-state index contributed by atoms with van der Waals surface area (Å²) in [5.41, 5.74) is 2.60. The minimum absolute atomic E-state index is 0. The number of anilines is 1. The molecule has 1 aromatic heterocycles. The molecule has 0 saturated carbocycles. The second kappa shape index (κ2) is 9.22. The zero-order valence-corrected chi connectivity index (χ0v) is 15.4. The molecular weight excluding hydrogens is 351 g/mol. The number of amides is 1. The minimum Gasteiger partial charge on any atom is -0.370 e. The molecule has 0 aliphatic carbocycles. The van der Waals surface area contributed by atoms with E-state index in [9.17, 15) is 4.79 Å². The second-order valence-corrected chi connectivity index (χ2v) is 5.80. The van der Waals surface area contributed by atoms with Gasteiger partial charge in [0, 0.05) is 24.8 Å². The molecule has 2 unspecified atom stereocenters. The van der Waals surface area contributed by atoms with Crippen molar-refractivity contribution in [3.05, 3.63) is 24.0 Å². The summed E-state index contributed by atoms with van der Waals surface area (Å²) in [5, 5.41) is 5.95. The van der Waals surface area contributed by atoms with E-state index >= 15 is 0 Å². The molecule has 24 heavy (non-hydrogen) atoms. The Labute approximate surface area is 154 Å². The molecule has 1 aromatic carbocycles. The van der Waals surface area contributed by atoms with Crippen molar-refractivity contribution in [3.63, 3.8) is 0 Å². The van der Waals surface area contributed by atoms with Gasteiger partial charge in [0.05, 0.1) is 11.0 Å². The number of carbonyl (C=O) groups is 1. The van der Waals surface area contributed by atoms with Gasteiger partial charge in [-0.2, -0.15) is 0 Å². The zero-order valence-electron chi connectivity index (χ0n) is 13.8. The van der Waals surface area contributed by atoms with Crippen molar-refractivity contribution in [2.24, 2.45) is 5.92 Å². The highest BCUT2D eigenvalue weighted by Crippen LogP contribution is 2.28. The third-order valence-corrected chi connectivity index (χ3v) is 3.96. The molecule has 3 rings (SSSR count). The number of fused-ring (bicyclic) bond motifs is 1. The fourth-order valence-corrected chi connectivity index (χ4v) is 2.72. The fraction of sp³-hybridized carbons (Fsp3) is 0.500. The Morgan fingerprint density at radius 2 is 2.25 bits per heavy atom. The van der Waals surface area contributed by atoms with Crippen LogP contribution >= 0.6 is 24.8 Å². The molecule has 1 saturated heterocycles. The number of aromatic nitrogens is 2. The number of benzene rings is 1. The predicted octanol–water partition coefficient (Wildman–Crippen LogP) is 3.05. The molecule has 0 radical (unpaired) electrons. The van der Waals surface area contributed by atoms with Crippen LogP contribution in [0.1, 0.15) is 31.7 Å². The van der Waals surface area contributed by atoms with Crippen LogP contribution < -0.4 is 10.6 Å². The van der Waals surface area contributed by atoms with E-state index in [1.54, 1.807) is 0 Å². The number of nitrogens with zero attached hydrogens (tertiary/aromatic N) is 1. The third-order valence-electron chi connectivity index (χ3n) is 3.96. The zero-order chi connectivity index (χ0) is 15.5. The van der Waals surface area contributed by atoms with Crippen LogP contribution in [-0.2, 0) is 9.53 Å². The fourth-order valence-electron chi connectivity index (χ4n) is 2.72. The quantitative estimate of drug-likeness (QED) is 0.751. The van der Waals surface area contributed by atoms with E-state index in [2.05, 4.69) is 20.6 Å². The Balaban J connectivity index is 0.00000144. The molecule has 0 spiro atoms. The van der Waals surface area contributed by atoms with Crippen molar-refractivity contribution in [1.82, 2.24) is 15.3 Å². The third kappa shape index (κ3) is 4.60. The van der Waals surface area contributed by atoms with Gasteiger partial charge in [0.1, 0.15) is 11.9 Å². The van der Waals surface area contributed by atoms with E-state index in [1.807, 2.05) is 32.2 Å². The van der Waals surface area contributed by atoms with Crippen LogP contribution in [0.4, 0.5) is 5.69 Å². The first-order valence-corrected chi connectivity index (χ1v) is 7.74. The number of hydrogen-bond donors (Lipinski definition) is 3. The molecule has 134 valence electrons. The van der Waals surface area contributed by atoms with E-state index in [0.29, 0.717) is 6.54 Å². The number of ether oxygens (including phenoxy) is 1. The van der Waals surface area contributed by atoms with Crippen molar-refractivity contribution in [2.75, 3.05) is 25.5 Å². The SMILES string of the molecule is CNCC(C)C(=O)Nc1ccc2nc(C3CCCO3)[nH]c2c1.Cl.Cl. The Kier molecular flexibility index (Phi) is 7.96. The summed E-state index contributed by atoms with van der Waals surface area (Å²) < 4.78 is 5.65. The molecule has 2 aromatic rings. The summed E-state index contributed by atoms with van der Waals surface area (Å²) in [6, 6.07) is 5.72. The summed E-state index contributed by atoms with van der Waals surface area (Å²) in [4.78, 5) is 19.9. The average Bonchev–Trinajstić information content (AvgIpc) is 3.15. The summed E-state index contributed by atoms with van der Waals surface area (Å²) in [6.07, 6.45) is 2.15. The van der Waals surface area contributed by atoms with Crippen molar-refractivity contribution in [2.45, 2.75) is 25.9 Å². The van der Waals surface area contributed by atoms with Crippen LogP contribution in [0.15, 0.2) is 18.2 Å². The van der Waals surface area contributed by atoms with E-state index < -0.39 is 0 Å². The first-order chi connectivity index (χ1) is 10.7. The van der Waals surface area contributed by atoms with Gasteiger partial charge in [-0.25, -0.2) is 4.98 Å². The normalized spacial score (nSPS) is 17.8. The van der Waals surface area contributed by atoms with Gasteiger partial charge in [-0.15, -0.1) is 24.8 Å². The molecule has 0 bridgehead atoms. The Bertz CT molecular complexity index is 671. The molecule has 1 aliphatic rings. The molecular formula is C16H24Cl2N4O2. The Morgan fingerprint density at radius 3 is 2.92 bits per heavy atom. The second-order valence-electron chi connectivity index (χ2n) is 5.80. The molecule has 2 heterocycles. The Morgan fingerprint density at radius 1 is 1.46 bits per heavy atom. The maximum Gasteiger partial charge on any atom is 0.228 e. The van der Waals surface area contributed by atoms with Gasteiger partial charge < -0.3 is 20.4 Å².